The molecule has 1 aromatic heterocycles. The van der Waals surface area contributed by atoms with Crippen LogP contribution in [0.15, 0.2) is 12.3 Å². The van der Waals surface area contributed by atoms with Gasteiger partial charge in [0.15, 0.2) is 0 Å². The molecule has 0 spiro atoms. The van der Waals surface area contributed by atoms with Gasteiger partial charge in [0.25, 0.3) is 0 Å². The second-order valence-corrected chi connectivity index (χ2v) is 4.97. The highest BCUT2D eigenvalue weighted by Crippen LogP contribution is 2.22. The number of nitrogens with zero attached hydrogens (tertiary/aromatic N) is 2. The van der Waals surface area contributed by atoms with E-state index in [0.29, 0.717) is 0 Å². The maximum atomic E-state index is 11.1. The van der Waals surface area contributed by atoms with Crippen molar-refractivity contribution < 1.29 is 9.90 Å². The van der Waals surface area contributed by atoms with Gasteiger partial charge in [-0.15, -0.1) is 0 Å². The minimum Gasteiger partial charge on any atom is -0.478 e. The van der Waals surface area contributed by atoms with Crippen LogP contribution in [0.1, 0.15) is 23.0 Å². The van der Waals surface area contributed by atoms with Gasteiger partial charge in [0.1, 0.15) is 5.56 Å². The first-order chi connectivity index (χ1) is 7.97. The maximum Gasteiger partial charge on any atom is 0.339 e. The SMILES string of the molecule is CSCC(C)N(C)c1cc(C)ncc1C(=O)O. The van der Waals surface area contributed by atoms with E-state index in [1.807, 2.05) is 31.2 Å². The minimum atomic E-state index is -0.935. The highest BCUT2D eigenvalue weighted by Gasteiger charge is 2.17. The van der Waals surface area contributed by atoms with Crippen molar-refractivity contribution in [3.05, 3.63) is 23.5 Å². The second kappa shape index (κ2) is 5.91. The molecule has 17 heavy (non-hydrogen) atoms. The molecule has 0 saturated carbocycles. The Balaban J connectivity index is 3.10. The van der Waals surface area contributed by atoms with E-state index in [1.165, 1.54) is 6.20 Å². The van der Waals surface area contributed by atoms with Gasteiger partial charge >= 0.3 is 5.97 Å². The highest BCUT2D eigenvalue weighted by molar-refractivity contribution is 7.98. The number of carboxylic acids is 1. The number of aromatic carboxylic acids is 1. The summed E-state index contributed by atoms with van der Waals surface area (Å²) < 4.78 is 0. The number of hydrogen-bond donors (Lipinski definition) is 1. The van der Waals surface area contributed by atoms with Crippen molar-refractivity contribution in [3.63, 3.8) is 0 Å². The molecule has 0 radical (unpaired) electrons. The molecule has 1 aromatic rings. The Morgan fingerprint density at radius 2 is 2.29 bits per heavy atom. The fourth-order valence-corrected chi connectivity index (χ4v) is 2.30. The van der Waals surface area contributed by atoms with Crippen LogP contribution in [0.3, 0.4) is 0 Å². The van der Waals surface area contributed by atoms with E-state index < -0.39 is 5.97 Å². The zero-order valence-electron chi connectivity index (χ0n) is 10.6. The molecule has 1 unspecified atom stereocenters. The van der Waals surface area contributed by atoms with Crippen molar-refractivity contribution >= 4 is 23.4 Å². The fraction of sp³-hybridized carbons (Fsp3) is 0.500. The largest absolute Gasteiger partial charge is 0.478 e. The monoisotopic (exact) mass is 254 g/mol. The van der Waals surface area contributed by atoms with E-state index in [2.05, 4.69) is 11.9 Å². The Kier molecular flexibility index (Phi) is 4.81. The van der Waals surface area contributed by atoms with Gasteiger partial charge in [0.2, 0.25) is 0 Å². The Labute approximate surface area is 106 Å². The third-order valence-electron chi connectivity index (χ3n) is 2.70. The predicted octanol–water partition coefficient (Wildman–Crippen LogP) is 2.28. The van der Waals surface area contributed by atoms with E-state index >= 15 is 0 Å². The minimum absolute atomic E-state index is 0.256. The third kappa shape index (κ3) is 3.36. The number of aromatic nitrogens is 1. The molecule has 0 amide bonds. The number of anilines is 1. The fourth-order valence-electron chi connectivity index (χ4n) is 1.59. The lowest BCUT2D eigenvalue weighted by Gasteiger charge is -2.27. The normalized spacial score (nSPS) is 12.2. The predicted molar refractivity (Wildman–Crippen MR) is 72.2 cm³/mol. The van der Waals surface area contributed by atoms with Crippen molar-refractivity contribution in [2.75, 3.05) is 24.0 Å². The van der Waals surface area contributed by atoms with E-state index in [4.69, 9.17) is 5.11 Å². The van der Waals surface area contributed by atoms with Gasteiger partial charge in [0, 0.05) is 30.7 Å². The van der Waals surface area contributed by atoms with E-state index in [1.54, 1.807) is 11.8 Å². The summed E-state index contributed by atoms with van der Waals surface area (Å²) in [5, 5.41) is 9.15. The summed E-state index contributed by atoms with van der Waals surface area (Å²) >= 11 is 1.75. The molecule has 1 rings (SSSR count). The number of carboxylic acid groups (broad SMARTS) is 1. The molecule has 1 N–H and O–H groups in total. The van der Waals surface area contributed by atoms with Crippen molar-refractivity contribution in [2.45, 2.75) is 19.9 Å². The van der Waals surface area contributed by atoms with Crippen molar-refractivity contribution in [1.82, 2.24) is 4.98 Å². The molecule has 0 fully saturated rings. The molecule has 4 nitrogen and oxygen atoms in total. The summed E-state index contributed by atoms with van der Waals surface area (Å²) in [5.74, 6) is 0.0208. The Bertz CT molecular complexity index is 409. The van der Waals surface area contributed by atoms with Crippen LogP contribution < -0.4 is 4.90 Å². The third-order valence-corrected chi connectivity index (χ3v) is 3.51. The van der Waals surface area contributed by atoms with Gasteiger partial charge < -0.3 is 10.0 Å². The van der Waals surface area contributed by atoms with Crippen LogP contribution in [0.4, 0.5) is 5.69 Å². The molecule has 94 valence electrons. The van der Waals surface area contributed by atoms with Crippen LogP contribution in [0.25, 0.3) is 0 Å². The zero-order chi connectivity index (χ0) is 13.0. The molecule has 1 heterocycles. The number of thioether (sulfide) groups is 1. The summed E-state index contributed by atoms with van der Waals surface area (Å²) in [6.07, 6.45) is 3.47. The molecule has 0 bridgehead atoms. The number of rotatable bonds is 5. The molecule has 0 aliphatic carbocycles. The van der Waals surface area contributed by atoms with Gasteiger partial charge in [-0.25, -0.2) is 4.79 Å². The van der Waals surface area contributed by atoms with Gasteiger partial charge in [-0.05, 0) is 26.2 Å². The molecule has 0 saturated heterocycles. The number of aryl methyl sites for hydroxylation is 1. The first kappa shape index (κ1) is 13.8. The summed E-state index contributed by atoms with van der Waals surface area (Å²) in [5.41, 5.74) is 1.81. The summed E-state index contributed by atoms with van der Waals surface area (Å²) in [6, 6.07) is 2.10. The Morgan fingerprint density at radius 1 is 1.65 bits per heavy atom. The van der Waals surface area contributed by atoms with Gasteiger partial charge in [-0.1, -0.05) is 0 Å². The lowest BCUT2D eigenvalue weighted by molar-refractivity contribution is 0.0697. The summed E-state index contributed by atoms with van der Waals surface area (Å²) in [6.45, 7) is 3.94. The Hall–Kier alpha value is -1.23. The smallest absolute Gasteiger partial charge is 0.339 e. The molecule has 0 aromatic carbocycles. The standard InChI is InChI=1S/C12H18N2O2S/c1-8-5-11(10(6-13-8)12(15)16)14(3)9(2)7-17-4/h5-6,9H,7H2,1-4H3,(H,15,16). The summed E-state index contributed by atoms with van der Waals surface area (Å²) in [7, 11) is 1.92. The second-order valence-electron chi connectivity index (χ2n) is 4.06. The molecule has 1 atom stereocenters. The van der Waals surface area contributed by atoms with Crippen LogP contribution >= 0.6 is 11.8 Å². The lowest BCUT2D eigenvalue weighted by atomic mass is 10.1. The van der Waals surface area contributed by atoms with Gasteiger partial charge in [-0.3, -0.25) is 4.98 Å². The summed E-state index contributed by atoms with van der Waals surface area (Å²) in [4.78, 5) is 17.2. The lowest BCUT2D eigenvalue weighted by Crippen LogP contribution is -2.32. The van der Waals surface area contributed by atoms with Crippen molar-refractivity contribution in [2.24, 2.45) is 0 Å². The van der Waals surface area contributed by atoms with Crippen LogP contribution in [0.2, 0.25) is 0 Å². The molecular weight excluding hydrogens is 236 g/mol. The van der Waals surface area contributed by atoms with Crippen molar-refractivity contribution in [3.8, 4) is 0 Å². The molecule has 0 aliphatic heterocycles. The van der Waals surface area contributed by atoms with Crippen LogP contribution in [0, 0.1) is 6.92 Å². The molecule has 0 aliphatic rings. The zero-order valence-corrected chi connectivity index (χ0v) is 11.4. The quantitative estimate of drug-likeness (QED) is 0.873. The average Bonchev–Trinajstić information content (AvgIpc) is 2.27. The topological polar surface area (TPSA) is 53.4 Å². The highest BCUT2D eigenvalue weighted by atomic mass is 32.2. The number of carbonyl (C=O) groups is 1. The van der Waals surface area contributed by atoms with Crippen molar-refractivity contribution in [1.29, 1.82) is 0 Å². The first-order valence-corrected chi connectivity index (χ1v) is 6.78. The number of hydrogen-bond acceptors (Lipinski definition) is 4. The maximum absolute atomic E-state index is 11.1. The van der Waals surface area contributed by atoms with Crippen LogP contribution in [-0.4, -0.2) is 41.2 Å². The van der Waals surface area contributed by atoms with Crippen LogP contribution in [-0.2, 0) is 0 Å². The molecular formula is C12H18N2O2S. The van der Waals surface area contributed by atoms with E-state index in [9.17, 15) is 4.79 Å². The van der Waals surface area contributed by atoms with E-state index in [0.717, 1.165) is 17.1 Å². The molecule has 5 heteroatoms. The van der Waals surface area contributed by atoms with Crippen LogP contribution in [0.5, 0.6) is 0 Å². The first-order valence-electron chi connectivity index (χ1n) is 5.39. The van der Waals surface area contributed by atoms with Gasteiger partial charge in [0.05, 0.1) is 5.69 Å². The van der Waals surface area contributed by atoms with E-state index in [-0.39, 0.29) is 11.6 Å². The van der Waals surface area contributed by atoms with Gasteiger partial charge in [-0.2, -0.15) is 11.8 Å². The number of pyridine rings is 1. The Morgan fingerprint density at radius 3 is 2.82 bits per heavy atom. The average molecular weight is 254 g/mol.